The van der Waals surface area contributed by atoms with Crippen molar-refractivity contribution in [3.05, 3.63) is 35.3 Å². The molecule has 26 heavy (non-hydrogen) atoms. The van der Waals surface area contributed by atoms with E-state index in [1.165, 1.54) is 58.5 Å². The van der Waals surface area contributed by atoms with Crippen LogP contribution in [0, 0.1) is 0 Å². The average molecular weight is 363 g/mol. The van der Waals surface area contributed by atoms with Crippen molar-refractivity contribution in [3.8, 4) is 0 Å². The first-order chi connectivity index (χ1) is 12.6. The van der Waals surface area contributed by atoms with E-state index >= 15 is 0 Å². The summed E-state index contributed by atoms with van der Waals surface area (Å²) in [5, 5.41) is 9.82. The molecule has 0 fully saturated rings. The molecule has 0 atom stereocenters. The van der Waals surface area contributed by atoms with E-state index < -0.39 is 11.5 Å². The van der Waals surface area contributed by atoms with Crippen LogP contribution in [-0.2, 0) is 14.3 Å². The lowest BCUT2D eigenvalue weighted by Crippen LogP contribution is -2.20. The zero-order valence-corrected chi connectivity index (χ0v) is 16.4. The summed E-state index contributed by atoms with van der Waals surface area (Å²) in [6.45, 7) is 2.22. The molecule has 0 spiro atoms. The Balaban J connectivity index is 2.09. The summed E-state index contributed by atoms with van der Waals surface area (Å²) in [5.74, 6) is -1.30. The molecule has 0 saturated heterocycles. The monoisotopic (exact) mass is 362 g/mol. The van der Waals surface area contributed by atoms with E-state index in [2.05, 4.69) is 19.1 Å². The minimum atomic E-state index is -0.541. The lowest BCUT2D eigenvalue weighted by Gasteiger charge is -2.14. The maximum Gasteiger partial charge on any atom is 0.227 e. The SMILES string of the molecule is CCCC/C=C/CCCCCCCCCC1=C(O)C(=O)C=C(OC)C1=O. The molecule has 0 aromatic rings. The van der Waals surface area contributed by atoms with Gasteiger partial charge in [-0.2, -0.15) is 0 Å². The minimum Gasteiger partial charge on any atom is -0.504 e. The number of aliphatic hydroxyl groups excluding tert-OH is 1. The third-order valence-electron chi connectivity index (χ3n) is 4.69. The molecular formula is C22H34O4. The molecule has 1 rings (SSSR count). The maximum absolute atomic E-state index is 12.1. The van der Waals surface area contributed by atoms with Gasteiger partial charge in [0.15, 0.2) is 11.5 Å². The Morgan fingerprint density at radius 1 is 0.923 bits per heavy atom. The first kappa shape index (κ1) is 22.2. The predicted molar refractivity (Wildman–Crippen MR) is 105 cm³/mol. The number of methoxy groups -OCH3 is 1. The Morgan fingerprint density at radius 3 is 2.12 bits per heavy atom. The van der Waals surface area contributed by atoms with E-state index in [1.807, 2.05) is 0 Å². The number of rotatable bonds is 14. The van der Waals surface area contributed by atoms with Crippen LogP contribution in [-0.4, -0.2) is 23.8 Å². The second-order valence-electron chi connectivity index (χ2n) is 6.86. The Bertz CT molecular complexity index is 540. The molecule has 146 valence electrons. The first-order valence-electron chi connectivity index (χ1n) is 10.0. The molecule has 0 aromatic carbocycles. The molecular weight excluding hydrogens is 328 g/mol. The van der Waals surface area contributed by atoms with Crippen molar-refractivity contribution in [1.82, 2.24) is 0 Å². The van der Waals surface area contributed by atoms with Gasteiger partial charge in [-0.3, -0.25) is 9.59 Å². The van der Waals surface area contributed by atoms with Gasteiger partial charge in [0.2, 0.25) is 11.6 Å². The van der Waals surface area contributed by atoms with Gasteiger partial charge in [0.1, 0.15) is 0 Å². The molecule has 1 aliphatic rings. The largest absolute Gasteiger partial charge is 0.504 e. The number of ketones is 2. The van der Waals surface area contributed by atoms with E-state index in [1.54, 1.807) is 0 Å². The van der Waals surface area contributed by atoms with Crippen molar-refractivity contribution in [1.29, 1.82) is 0 Å². The van der Waals surface area contributed by atoms with Gasteiger partial charge < -0.3 is 9.84 Å². The number of carbonyl (C=O) groups excluding carboxylic acids is 2. The first-order valence-corrected chi connectivity index (χ1v) is 10.0. The van der Waals surface area contributed by atoms with Crippen LogP contribution in [0.15, 0.2) is 35.3 Å². The summed E-state index contributed by atoms with van der Waals surface area (Å²) in [6, 6.07) is 0. The van der Waals surface area contributed by atoms with Crippen LogP contribution in [0.4, 0.5) is 0 Å². The fourth-order valence-corrected chi connectivity index (χ4v) is 3.05. The van der Waals surface area contributed by atoms with Crippen LogP contribution >= 0.6 is 0 Å². The number of hydrogen-bond acceptors (Lipinski definition) is 4. The normalized spacial score (nSPS) is 15.1. The van der Waals surface area contributed by atoms with Gasteiger partial charge in [0.25, 0.3) is 0 Å². The summed E-state index contributed by atoms with van der Waals surface area (Å²) in [6.07, 6.45) is 18.9. The number of aliphatic hydroxyl groups is 1. The highest BCUT2D eigenvalue weighted by Crippen LogP contribution is 2.23. The lowest BCUT2D eigenvalue weighted by molar-refractivity contribution is -0.119. The van der Waals surface area contributed by atoms with Crippen LogP contribution in [0.5, 0.6) is 0 Å². The van der Waals surface area contributed by atoms with Gasteiger partial charge in [-0.1, -0.05) is 64.0 Å². The Kier molecular flexibility index (Phi) is 11.4. The Morgan fingerprint density at radius 2 is 1.50 bits per heavy atom. The van der Waals surface area contributed by atoms with E-state index in [0.29, 0.717) is 6.42 Å². The Hall–Kier alpha value is -1.84. The highest BCUT2D eigenvalue weighted by atomic mass is 16.5. The number of Topliss-reactive ketones (excluding diaryl/α,β-unsaturated/α-hetero) is 1. The van der Waals surface area contributed by atoms with Crippen LogP contribution < -0.4 is 0 Å². The highest BCUT2D eigenvalue weighted by molar-refractivity contribution is 6.20. The molecule has 0 radical (unpaired) electrons. The van der Waals surface area contributed by atoms with Crippen molar-refractivity contribution < 1.29 is 19.4 Å². The van der Waals surface area contributed by atoms with Gasteiger partial charge in [0, 0.05) is 11.6 Å². The molecule has 1 N–H and O–H groups in total. The third-order valence-corrected chi connectivity index (χ3v) is 4.69. The smallest absolute Gasteiger partial charge is 0.227 e. The second-order valence-corrected chi connectivity index (χ2v) is 6.86. The number of carbonyl (C=O) groups is 2. The summed E-state index contributed by atoms with van der Waals surface area (Å²) < 4.78 is 4.91. The molecule has 4 heteroatoms. The number of ether oxygens (including phenoxy) is 1. The van der Waals surface area contributed by atoms with Crippen LogP contribution in [0.25, 0.3) is 0 Å². The van der Waals surface area contributed by atoms with E-state index in [4.69, 9.17) is 4.74 Å². The van der Waals surface area contributed by atoms with Crippen molar-refractivity contribution in [2.24, 2.45) is 0 Å². The fourth-order valence-electron chi connectivity index (χ4n) is 3.05. The summed E-state index contributed by atoms with van der Waals surface area (Å²) in [7, 11) is 1.36. The fraction of sp³-hybridized carbons (Fsp3) is 0.636. The van der Waals surface area contributed by atoms with Gasteiger partial charge in [-0.05, 0) is 32.1 Å². The van der Waals surface area contributed by atoms with Crippen molar-refractivity contribution in [2.45, 2.75) is 84.0 Å². The highest BCUT2D eigenvalue weighted by Gasteiger charge is 2.28. The lowest BCUT2D eigenvalue weighted by atomic mass is 9.94. The van der Waals surface area contributed by atoms with Gasteiger partial charge in [-0.15, -0.1) is 0 Å². The molecule has 0 saturated carbocycles. The molecule has 0 aromatic heterocycles. The summed E-state index contributed by atoms with van der Waals surface area (Å²) >= 11 is 0. The third kappa shape index (κ3) is 8.03. The van der Waals surface area contributed by atoms with Gasteiger partial charge in [-0.25, -0.2) is 0 Å². The number of hydrogen-bond donors (Lipinski definition) is 1. The van der Waals surface area contributed by atoms with Crippen molar-refractivity contribution in [3.63, 3.8) is 0 Å². The molecule has 0 bridgehead atoms. The second kappa shape index (κ2) is 13.4. The molecule has 0 aliphatic heterocycles. The van der Waals surface area contributed by atoms with Gasteiger partial charge in [0.05, 0.1) is 7.11 Å². The number of allylic oxidation sites excluding steroid dienone is 4. The standard InChI is InChI=1S/C22H34O4/c1-3-4-5-6-7-8-9-10-11-12-13-14-15-16-18-21(24)19(23)17-20(26-2)22(18)25/h6-7,17,24H,3-5,8-16H2,1-2H3/b7-6+. The van der Waals surface area contributed by atoms with E-state index in [0.717, 1.165) is 25.3 Å². The molecule has 0 heterocycles. The van der Waals surface area contributed by atoms with E-state index in [-0.39, 0.29) is 17.1 Å². The zero-order valence-electron chi connectivity index (χ0n) is 16.4. The predicted octanol–water partition coefficient (Wildman–Crippen LogP) is 5.74. The quantitative estimate of drug-likeness (QED) is 0.243. The Labute approximate surface area is 158 Å². The van der Waals surface area contributed by atoms with Crippen LogP contribution in [0.2, 0.25) is 0 Å². The average Bonchev–Trinajstić information content (AvgIpc) is 2.64. The summed E-state index contributed by atoms with van der Waals surface area (Å²) in [5.41, 5.74) is 0.198. The van der Waals surface area contributed by atoms with Gasteiger partial charge >= 0.3 is 0 Å². The maximum atomic E-state index is 12.1. The van der Waals surface area contributed by atoms with Crippen LogP contribution in [0.3, 0.4) is 0 Å². The van der Waals surface area contributed by atoms with E-state index in [9.17, 15) is 14.7 Å². The molecule has 4 nitrogen and oxygen atoms in total. The topological polar surface area (TPSA) is 63.6 Å². The van der Waals surface area contributed by atoms with Crippen LogP contribution in [0.1, 0.15) is 84.0 Å². The molecule has 0 amide bonds. The summed E-state index contributed by atoms with van der Waals surface area (Å²) in [4.78, 5) is 23.7. The zero-order chi connectivity index (χ0) is 19.2. The van der Waals surface area contributed by atoms with Crippen molar-refractivity contribution >= 4 is 11.6 Å². The molecule has 0 unspecified atom stereocenters. The molecule has 1 aliphatic carbocycles. The number of unbranched alkanes of at least 4 members (excludes halogenated alkanes) is 9. The van der Waals surface area contributed by atoms with Crippen molar-refractivity contribution in [2.75, 3.05) is 7.11 Å². The minimum absolute atomic E-state index is 0.0199.